The van der Waals surface area contributed by atoms with Gasteiger partial charge in [-0.15, -0.1) is 11.3 Å². The van der Waals surface area contributed by atoms with Gasteiger partial charge in [-0.1, -0.05) is 17.7 Å². The Bertz CT molecular complexity index is 490. The van der Waals surface area contributed by atoms with Crippen LogP contribution in [0.2, 0.25) is 5.02 Å². The van der Waals surface area contributed by atoms with E-state index in [2.05, 4.69) is 36.4 Å². The van der Waals surface area contributed by atoms with Crippen LogP contribution in [0.4, 0.5) is 5.69 Å². The number of benzene rings is 1. The largest absolute Gasteiger partial charge is 0.399 e. The molecule has 0 spiro atoms. The monoisotopic (exact) mass is 280 g/mol. The topological polar surface area (TPSA) is 29.3 Å². The van der Waals surface area contributed by atoms with E-state index in [-0.39, 0.29) is 0 Å². The second kappa shape index (κ2) is 5.74. The summed E-state index contributed by atoms with van der Waals surface area (Å²) in [6.07, 6.45) is 0. The molecule has 0 bridgehead atoms. The number of nitrogens with two attached hydrogens (primary N) is 1. The predicted molar refractivity (Wildman–Crippen MR) is 80.1 cm³/mol. The first-order valence-electron chi connectivity index (χ1n) is 5.85. The van der Waals surface area contributed by atoms with Crippen molar-refractivity contribution in [2.24, 2.45) is 0 Å². The lowest BCUT2D eigenvalue weighted by Gasteiger charge is -2.24. The Morgan fingerprint density at radius 3 is 2.78 bits per heavy atom. The van der Waals surface area contributed by atoms with Gasteiger partial charge in [-0.05, 0) is 49.2 Å². The van der Waals surface area contributed by atoms with Gasteiger partial charge in [0.25, 0.3) is 0 Å². The molecule has 1 unspecified atom stereocenters. The molecule has 0 amide bonds. The van der Waals surface area contributed by atoms with Crippen LogP contribution in [0, 0.1) is 0 Å². The molecule has 1 aromatic heterocycles. The van der Waals surface area contributed by atoms with E-state index in [1.807, 2.05) is 12.1 Å². The fourth-order valence-electron chi connectivity index (χ4n) is 1.94. The first-order chi connectivity index (χ1) is 8.56. The highest BCUT2D eigenvalue weighted by molar-refractivity contribution is 7.10. The minimum atomic E-state index is 0.394. The number of thiophene rings is 1. The van der Waals surface area contributed by atoms with E-state index in [0.29, 0.717) is 11.1 Å². The molecule has 2 N–H and O–H groups in total. The van der Waals surface area contributed by atoms with Gasteiger partial charge in [-0.2, -0.15) is 0 Å². The van der Waals surface area contributed by atoms with E-state index in [1.165, 1.54) is 4.88 Å². The Hall–Kier alpha value is -1.03. The van der Waals surface area contributed by atoms with E-state index in [0.717, 1.165) is 17.8 Å². The third-order valence-corrected chi connectivity index (χ3v) is 4.29. The molecule has 2 rings (SSSR count). The van der Waals surface area contributed by atoms with Gasteiger partial charge in [0.2, 0.25) is 0 Å². The molecule has 1 atom stereocenters. The normalized spacial score (nSPS) is 12.9. The van der Waals surface area contributed by atoms with Crippen molar-refractivity contribution in [2.45, 2.75) is 19.5 Å². The molecule has 0 saturated heterocycles. The van der Waals surface area contributed by atoms with E-state index >= 15 is 0 Å². The van der Waals surface area contributed by atoms with E-state index < -0.39 is 0 Å². The molecule has 2 aromatic rings. The van der Waals surface area contributed by atoms with E-state index in [4.69, 9.17) is 17.3 Å². The Kier molecular flexibility index (Phi) is 4.27. The Balaban J connectivity index is 2.09. The molecular formula is C14H17ClN2S. The number of hydrogen-bond donors (Lipinski definition) is 1. The lowest BCUT2D eigenvalue weighted by atomic mass is 10.1. The molecule has 1 heterocycles. The maximum Gasteiger partial charge on any atom is 0.0429 e. The van der Waals surface area contributed by atoms with Crippen LogP contribution in [0.5, 0.6) is 0 Å². The summed E-state index contributed by atoms with van der Waals surface area (Å²) in [5.74, 6) is 0. The first-order valence-corrected chi connectivity index (χ1v) is 7.10. The van der Waals surface area contributed by atoms with Crippen molar-refractivity contribution in [3.05, 3.63) is 51.2 Å². The van der Waals surface area contributed by atoms with Gasteiger partial charge in [0.1, 0.15) is 0 Å². The van der Waals surface area contributed by atoms with Crippen LogP contribution in [0.15, 0.2) is 35.7 Å². The van der Waals surface area contributed by atoms with Gasteiger partial charge in [0.15, 0.2) is 0 Å². The van der Waals surface area contributed by atoms with E-state index in [9.17, 15) is 0 Å². The number of nitrogen functional groups attached to an aromatic ring is 1. The van der Waals surface area contributed by atoms with Crippen molar-refractivity contribution >= 4 is 28.6 Å². The standard InChI is InChI=1S/C14H17ClN2S/c1-10(14-4-3-5-18-14)17(2)9-11-6-12(15)8-13(16)7-11/h3-8,10H,9,16H2,1-2H3. The summed E-state index contributed by atoms with van der Waals surface area (Å²) in [6.45, 7) is 3.05. The van der Waals surface area contributed by atoms with Gasteiger partial charge in [0, 0.05) is 28.2 Å². The molecule has 96 valence electrons. The molecule has 0 aliphatic carbocycles. The molecule has 0 saturated carbocycles. The molecule has 0 fully saturated rings. The average molecular weight is 281 g/mol. The van der Waals surface area contributed by atoms with Crippen LogP contribution in [-0.4, -0.2) is 11.9 Å². The van der Waals surface area contributed by atoms with Crippen molar-refractivity contribution < 1.29 is 0 Å². The van der Waals surface area contributed by atoms with Crippen molar-refractivity contribution in [1.29, 1.82) is 0 Å². The zero-order valence-electron chi connectivity index (χ0n) is 10.6. The molecular weight excluding hydrogens is 264 g/mol. The van der Waals surface area contributed by atoms with Crippen LogP contribution >= 0.6 is 22.9 Å². The summed E-state index contributed by atoms with van der Waals surface area (Å²) in [5.41, 5.74) is 7.67. The molecule has 0 aliphatic heterocycles. The van der Waals surface area contributed by atoms with Crippen molar-refractivity contribution in [2.75, 3.05) is 12.8 Å². The highest BCUT2D eigenvalue weighted by atomic mass is 35.5. The Morgan fingerprint density at radius 2 is 2.17 bits per heavy atom. The zero-order valence-corrected chi connectivity index (χ0v) is 12.1. The quantitative estimate of drug-likeness (QED) is 0.852. The van der Waals surface area contributed by atoms with Crippen molar-refractivity contribution in [3.63, 3.8) is 0 Å². The summed E-state index contributed by atoms with van der Waals surface area (Å²) in [5, 5.41) is 2.80. The third-order valence-electron chi connectivity index (χ3n) is 3.03. The zero-order chi connectivity index (χ0) is 13.1. The second-order valence-electron chi connectivity index (χ2n) is 4.50. The SMILES string of the molecule is CC(c1cccs1)N(C)Cc1cc(N)cc(Cl)c1. The van der Waals surface area contributed by atoms with Gasteiger partial charge in [-0.25, -0.2) is 0 Å². The molecule has 0 aliphatic rings. The number of anilines is 1. The van der Waals surface area contributed by atoms with Crippen LogP contribution in [0.25, 0.3) is 0 Å². The Labute approximate surface area is 117 Å². The first kappa shape index (κ1) is 13.4. The minimum absolute atomic E-state index is 0.394. The highest BCUT2D eigenvalue weighted by Gasteiger charge is 2.13. The van der Waals surface area contributed by atoms with Gasteiger partial charge in [0.05, 0.1) is 0 Å². The molecule has 1 aromatic carbocycles. The maximum absolute atomic E-state index is 6.02. The van der Waals surface area contributed by atoms with E-state index in [1.54, 1.807) is 17.4 Å². The van der Waals surface area contributed by atoms with Gasteiger partial charge >= 0.3 is 0 Å². The summed E-state index contributed by atoms with van der Waals surface area (Å²) in [4.78, 5) is 3.66. The molecule has 2 nitrogen and oxygen atoms in total. The van der Waals surface area contributed by atoms with Crippen LogP contribution < -0.4 is 5.73 Å². The van der Waals surface area contributed by atoms with Crippen molar-refractivity contribution in [3.8, 4) is 0 Å². The minimum Gasteiger partial charge on any atom is -0.399 e. The molecule has 0 radical (unpaired) electrons. The van der Waals surface area contributed by atoms with Crippen LogP contribution in [0.1, 0.15) is 23.4 Å². The molecule has 18 heavy (non-hydrogen) atoms. The smallest absolute Gasteiger partial charge is 0.0429 e. The Morgan fingerprint density at radius 1 is 1.39 bits per heavy atom. The summed E-state index contributed by atoms with van der Waals surface area (Å²) < 4.78 is 0. The number of hydrogen-bond acceptors (Lipinski definition) is 3. The van der Waals surface area contributed by atoms with Crippen LogP contribution in [-0.2, 0) is 6.54 Å². The molecule has 4 heteroatoms. The highest BCUT2D eigenvalue weighted by Crippen LogP contribution is 2.26. The van der Waals surface area contributed by atoms with Gasteiger partial charge < -0.3 is 5.73 Å². The third kappa shape index (κ3) is 3.25. The predicted octanol–water partition coefficient (Wildman–Crippen LogP) is 4.18. The van der Waals surface area contributed by atoms with Crippen molar-refractivity contribution in [1.82, 2.24) is 4.90 Å². The maximum atomic E-state index is 6.02. The van der Waals surface area contributed by atoms with Crippen LogP contribution in [0.3, 0.4) is 0 Å². The summed E-state index contributed by atoms with van der Waals surface area (Å²) in [7, 11) is 2.11. The average Bonchev–Trinajstić information content (AvgIpc) is 2.79. The fourth-order valence-corrected chi connectivity index (χ4v) is 3.05. The second-order valence-corrected chi connectivity index (χ2v) is 5.92. The number of nitrogens with zero attached hydrogens (tertiary/aromatic N) is 1. The fraction of sp³-hybridized carbons (Fsp3) is 0.286. The number of rotatable bonds is 4. The number of halogens is 1. The summed E-state index contributed by atoms with van der Waals surface area (Å²) in [6, 6.07) is 10.4. The lowest BCUT2D eigenvalue weighted by Crippen LogP contribution is -2.21. The summed E-state index contributed by atoms with van der Waals surface area (Å²) >= 11 is 7.80. The lowest BCUT2D eigenvalue weighted by molar-refractivity contribution is 0.256. The van der Waals surface area contributed by atoms with Gasteiger partial charge in [-0.3, -0.25) is 4.90 Å².